The molecule has 0 unspecified atom stereocenters. The summed E-state index contributed by atoms with van der Waals surface area (Å²) >= 11 is 0. The molecule has 1 aliphatic carbocycles. The first kappa shape index (κ1) is 16.4. The molecule has 0 spiro atoms. The van der Waals surface area contributed by atoms with Gasteiger partial charge in [-0.15, -0.1) is 0 Å². The van der Waals surface area contributed by atoms with Crippen LogP contribution in [0.1, 0.15) is 36.9 Å². The number of piperidine rings is 1. The van der Waals surface area contributed by atoms with E-state index in [0.29, 0.717) is 0 Å². The molecule has 3 rings (SSSR count). The monoisotopic (exact) mass is 332 g/mol. The second-order valence-electron chi connectivity index (χ2n) is 6.25. The molecule has 1 aromatic heterocycles. The Morgan fingerprint density at radius 3 is 2.67 bits per heavy atom. The molecule has 2 N–H and O–H groups in total. The van der Waals surface area contributed by atoms with Crippen LogP contribution in [0.25, 0.3) is 0 Å². The van der Waals surface area contributed by atoms with E-state index in [1.54, 1.807) is 6.07 Å². The third-order valence-electron chi connectivity index (χ3n) is 4.41. The third kappa shape index (κ3) is 3.69. The van der Waals surface area contributed by atoms with E-state index in [0.717, 1.165) is 36.9 Å². The van der Waals surface area contributed by atoms with Crippen LogP contribution in [0.5, 0.6) is 0 Å². The lowest BCUT2D eigenvalue weighted by Crippen LogP contribution is -2.45. The molecule has 24 heavy (non-hydrogen) atoms. The number of hydrogen-bond acceptors (Lipinski definition) is 5. The standard InChI is InChI=1S/C16H20N4O4/c21-13-7-11(8-14(22)18-13)16(24)17-5-6-20-15(23)9-10-3-1-2-4-12(10)19-20/h9,11H,1-8H2,(H,17,24)(H,18,21,22). The number of nitrogens with one attached hydrogen (secondary N) is 2. The molecule has 0 radical (unpaired) electrons. The first-order chi connectivity index (χ1) is 11.5. The third-order valence-corrected chi connectivity index (χ3v) is 4.41. The molecule has 3 amide bonds. The van der Waals surface area contributed by atoms with Gasteiger partial charge in [0.2, 0.25) is 17.7 Å². The van der Waals surface area contributed by atoms with E-state index in [1.807, 2.05) is 0 Å². The second-order valence-corrected chi connectivity index (χ2v) is 6.25. The van der Waals surface area contributed by atoms with Gasteiger partial charge in [-0.1, -0.05) is 0 Å². The van der Waals surface area contributed by atoms with Crippen molar-refractivity contribution in [3.05, 3.63) is 27.7 Å². The van der Waals surface area contributed by atoms with Crippen LogP contribution in [0.3, 0.4) is 0 Å². The van der Waals surface area contributed by atoms with E-state index < -0.39 is 17.7 Å². The minimum Gasteiger partial charge on any atom is -0.354 e. The van der Waals surface area contributed by atoms with Gasteiger partial charge in [0.1, 0.15) is 0 Å². The predicted molar refractivity (Wildman–Crippen MR) is 84.0 cm³/mol. The Balaban J connectivity index is 1.56. The van der Waals surface area contributed by atoms with Crippen LogP contribution >= 0.6 is 0 Å². The quantitative estimate of drug-likeness (QED) is 0.708. The highest BCUT2D eigenvalue weighted by atomic mass is 16.2. The summed E-state index contributed by atoms with van der Waals surface area (Å²) in [7, 11) is 0. The van der Waals surface area contributed by atoms with Gasteiger partial charge in [0.05, 0.1) is 18.2 Å². The van der Waals surface area contributed by atoms with Crippen molar-refractivity contribution in [1.82, 2.24) is 20.4 Å². The molecule has 2 aliphatic rings. The van der Waals surface area contributed by atoms with Gasteiger partial charge in [-0.3, -0.25) is 24.5 Å². The number of rotatable bonds is 4. The van der Waals surface area contributed by atoms with Crippen LogP contribution < -0.4 is 16.2 Å². The molecule has 0 aromatic carbocycles. The van der Waals surface area contributed by atoms with E-state index in [4.69, 9.17) is 0 Å². The van der Waals surface area contributed by atoms with Gasteiger partial charge in [-0.05, 0) is 31.2 Å². The fraction of sp³-hybridized carbons (Fsp3) is 0.562. The maximum atomic E-state index is 12.0. The first-order valence-electron chi connectivity index (χ1n) is 8.23. The Morgan fingerprint density at radius 2 is 1.92 bits per heavy atom. The van der Waals surface area contributed by atoms with Crippen LogP contribution in [0.2, 0.25) is 0 Å². The lowest BCUT2D eigenvalue weighted by Gasteiger charge is -2.20. The lowest BCUT2D eigenvalue weighted by molar-refractivity contribution is -0.140. The predicted octanol–water partition coefficient (Wildman–Crippen LogP) is -0.709. The minimum absolute atomic E-state index is 0.00855. The van der Waals surface area contributed by atoms with Gasteiger partial charge >= 0.3 is 0 Å². The molecule has 0 atom stereocenters. The van der Waals surface area contributed by atoms with E-state index in [1.165, 1.54) is 4.68 Å². The van der Waals surface area contributed by atoms with Crippen LogP contribution in [-0.4, -0.2) is 34.0 Å². The molecule has 2 heterocycles. The van der Waals surface area contributed by atoms with E-state index in [2.05, 4.69) is 15.7 Å². The number of carbonyl (C=O) groups excluding carboxylic acids is 3. The number of aromatic nitrogens is 2. The molecule has 1 aliphatic heterocycles. The van der Waals surface area contributed by atoms with E-state index in [-0.39, 0.29) is 37.4 Å². The number of hydrogen-bond donors (Lipinski definition) is 2. The van der Waals surface area contributed by atoms with Crippen LogP contribution in [0.4, 0.5) is 0 Å². The smallest absolute Gasteiger partial charge is 0.267 e. The maximum Gasteiger partial charge on any atom is 0.267 e. The summed E-state index contributed by atoms with van der Waals surface area (Å²) in [5.41, 5.74) is 1.82. The molecular formula is C16H20N4O4. The summed E-state index contributed by atoms with van der Waals surface area (Å²) in [6.07, 6.45) is 3.95. The highest BCUT2D eigenvalue weighted by molar-refractivity contribution is 6.02. The van der Waals surface area contributed by atoms with Crippen molar-refractivity contribution >= 4 is 17.7 Å². The molecule has 1 saturated heterocycles. The first-order valence-corrected chi connectivity index (χ1v) is 8.23. The highest BCUT2D eigenvalue weighted by Gasteiger charge is 2.29. The Hall–Kier alpha value is -2.51. The summed E-state index contributed by atoms with van der Waals surface area (Å²) < 4.78 is 1.36. The minimum atomic E-state index is -0.639. The average molecular weight is 332 g/mol. The molecule has 128 valence electrons. The molecule has 1 fully saturated rings. The largest absolute Gasteiger partial charge is 0.354 e. The Labute approximate surface area is 138 Å². The average Bonchev–Trinajstić information content (AvgIpc) is 2.54. The molecule has 0 bridgehead atoms. The molecular weight excluding hydrogens is 312 g/mol. The fourth-order valence-corrected chi connectivity index (χ4v) is 3.15. The molecule has 8 nitrogen and oxygen atoms in total. The summed E-state index contributed by atoms with van der Waals surface area (Å²) in [5, 5.41) is 9.23. The number of fused-ring (bicyclic) bond motifs is 1. The van der Waals surface area contributed by atoms with E-state index in [9.17, 15) is 19.2 Å². The highest BCUT2D eigenvalue weighted by Crippen LogP contribution is 2.17. The maximum absolute atomic E-state index is 12.0. The number of nitrogens with zero attached hydrogens (tertiary/aromatic N) is 2. The van der Waals surface area contributed by atoms with Crippen molar-refractivity contribution in [3.8, 4) is 0 Å². The van der Waals surface area contributed by atoms with Crippen LogP contribution in [-0.2, 0) is 33.8 Å². The van der Waals surface area contributed by atoms with Crippen molar-refractivity contribution in [2.45, 2.75) is 45.1 Å². The topological polar surface area (TPSA) is 110 Å². The summed E-state index contributed by atoms with van der Waals surface area (Å²) in [6, 6.07) is 1.63. The molecule has 1 aromatic rings. The Bertz CT molecular complexity index is 724. The fourth-order valence-electron chi connectivity index (χ4n) is 3.15. The van der Waals surface area contributed by atoms with Gasteiger partial charge in [0.15, 0.2) is 0 Å². The van der Waals surface area contributed by atoms with Gasteiger partial charge in [0, 0.05) is 25.5 Å². The summed E-state index contributed by atoms with van der Waals surface area (Å²) in [6.45, 7) is 0.502. The van der Waals surface area contributed by atoms with Crippen molar-refractivity contribution in [2.24, 2.45) is 5.92 Å². The van der Waals surface area contributed by atoms with Crippen molar-refractivity contribution in [1.29, 1.82) is 0 Å². The number of imide groups is 1. The Kier molecular flexibility index (Phi) is 4.73. The summed E-state index contributed by atoms with van der Waals surface area (Å²) in [4.78, 5) is 46.7. The number of carbonyl (C=O) groups is 3. The van der Waals surface area contributed by atoms with E-state index >= 15 is 0 Å². The van der Waals surface area contributed by atoms with Crippen molar-refractivity contribution in [2.75, 3.05) is 6.54 Å². The number of amides is 3. The van der Waals surface area contributed by atoms with Gasteiger partial charge in [-0.2, -0.15) is 5.10 Å². The zero-order valence-electron chi connectivity index (χ0n) is 13.3. The zero-order chi connectivity index (χ0) is 17.1. The number of aryl methyl sites for hydroxylation is 2. The molecule has 0 saturated carbocycles. The zero-order valence-corrected chi connectivity index (χ0v) is 13.3. The van der Waals surface area contributed by atoms with Crippen molar-refractivity contribution < 1.29 is 14.4 Å². The van der Waals surface area contributed by atoms with Gasteiger partial charge in [-0.25, -0.2) is 4.68 Å². The van der Waals surface area contributed by atoms with Gasteiger partial charge in [0.25, 0.3) is 5.56 Å². The van der Waals surface area contributed by atoms with Gasteiger partial charge < -0.3 is 5.32 Å². The van der Waals surface area contributed by atoms with Crippen molar-refractivity contribution in [3.63, 3.8) is 0 Å². The second kappa shape index (κ2) is 6.94. The normalized spacial score (nSPS) is 18.0. The lowest BCUT2D eigenvalue weighted by atomic mass is 9.96. The summed E-state index contributed by atoms with van der Waals surface area (Å²) in [5.74, 6) is -1.85. The van der Waals surface area contributed by atoms with Crippen LogP contribution in [0, 0.1) is 5.92 Å². The SMILES string of the molecule is O=C1CC(C(=O)NCCn2nc3c(cc2=O)CCCC3)CC(=O)N1. The Morgan fingerprint density at radius 1 is 1.21 bits per heavy atom. The van der Waals surface area contributed by atoms with Crippen LogP contribution in [0.15, 0.2) is 10.9 Å². The molecule has 8 heteroatoms.